The highest BCUT2D eigenvalue weighted by Gasteiger charge is 2.30. The Bertz CT molecular complexity index is 1470. The Balaban J connectivity index is 1.55. The molecule has 9 nitrogen and oxygen atoms in total. The summed E-state index contributed by atoms with van der Waals surface area (Å²) in [6.45, 7) is 1.04. The molecule has 1 aliphatic rings. The first-order valence-electron chi connectivity index (χ1n) is 13.3. The van der Waals surface area contributed by atoms with Crippen LogP contribution in [-0.4, -0.2) is 64.2 Å². The number of anilines is 1. The van der Waals surface area contributed by atoms with Gasteiger partial charge in [0.05, 0.1) is 11.9 Å². The molecule has 1 aliphatic heterocycles. The van der Waals surface area contributed by atoms with E-state index in [2.05, 4.69) is 5.32 Å². The van der Waals surface area contributed by atoms with E-state index in [-0.39, 0.29) is 37.7 Å². The molecule has 3 aromatic carbocycles. The molecule has 3 aromatic rings. The molecule has 11 heteroatoms. The van der Waals surface area contributed by atoms with Crippen molar-refractivity contribution in [2.24, 2.45) is 0 Å². The molecule has 0 saturated carbocycles. The molecule has 1 heterocycles. The van der Waals surface area contributed by atoms with E-state index < -0.39 is 16.1 Å². The largest absolute Gasteiger partial charge is 0.486 e. The maximum absolute atomic E-state index is 13.8. The number of likely N-dealkylation sites (N-methyl/N-ethyl adjacent to an activating group) is 1. The lowest BCUT2D eigenvalue weighted by molar-refractivity contribution is -0.141. The number of sulfonamides is 1. The van der Waals surface area contributed by atoms with Gasteiger partial charge in [0.15, 0.2) is 11.5 Å². The molecule has 0 aliphatic carbocycles. The minimum Gasteiger partial charge on any atom is -0.486 e. The van der Waals surface area contributed by atoms with Crippen LogP contribution in [0.25, 0.3) is 0 Å². The van der Waals surface area contributed by atoms with Gasteiger partial charge in [0.25, 0.3) is 0 Å². The van der Waals surface area contributed by atoms with Gasteiger partial charge in [-0.1, -0.05) is 54.1 Å². The summed E-state index contributed by atoms with van der Waals surface area (Å²) in [6.07, 6.45) is 1.70. The predicted octanol–water partition coefficient (Wildman–Crippen LogP) is 4.04. The van der Waals surface area contributed by atoms with E-state index >= 15 is 0 Å². The Kier molecular flexibility index (Phi) is 10.1. The molecular weight excluding hydrogens is 566 g/mol. The molecule has 0 aromatic heterocycles. The summed E-state index contributed by atoms with van der Waals surface area (Å²) < 4.78 is 37.8. The summed E-state index contributed by atoms with van der Waals surface area (Å²) in [5.74, 6) is 0.461. The summed E-state index contributed by atoms with van der Waals surface area (Å²) in [7, 11) is -2.12. The molecule has 0 radical (unpaired) electrons. The first kappa shape index (κ1) is 30.2. The van der Waals surface area contributed by atoms with Crippen LogP contribution in [0.2, 0.25) is 5.02 Å². The number of nitrogens with zero attached hydrogens (tertiary/aromatic N) is 2. The van der Waals surface area contributed by atoms with E-state index in [1.165, 1.54) is 4.31 Å². The molecule has 0 unspecified atom stereocenters. The van der Waals surface area contributed by atoms with Crippen molar-refractivity contribution in [3.8, 4) is 11.5 Å². The van der Waals surface area contributed by atoms with Gasteiger partial charge in [0.1, 0.15) is 19.3 Å². The number of fused-ring (bicyclic) bond motifs is 1. The lowest BCUT2D eigenvalue weighted by Gasteiger charge is -2.31. The number of benzene rings is 3. The van der Waals surface area contributed by atoms with Crippen molar-refractivity contribution in [2.75, 3.05) is 37.4 Å². The van der Waals surface area contributed by atoms with Crippen molar-refractivity contribution >= 4 is 39.1 Å². The summed E-state index contributed by atoms with van der Waals surface area (Å²) in [5, 5.41) is 3.22. The van der Waals surface area contributed by atoms with Crippen LogP contribution in [0.4, 0.5) is 5.69 Å². The standard InChI is InChI=1S/C30H34ClN3O6S/c1-32-30(36)26(19-22-8-4-3-5-9-22)33(21-23-10-6-11-24(31)18-23)29(35)12-7-15-34(41(2,37)38)25-13-14-27-28(20-25)40-17-16-39-27/h3-6,8-11,13-14,18,20,26H,7,12,15-17,19,21H2,1-2H3,(H,32,36)/t26-/m0/s1. The quantitative estimate of drug-likeness (QED) is 0.337. The van der Waals surface area contributed by atoms with Gasteiger partial charge in [-0.2, -0.15) is 0 Å². The van der Waals surface area contributed by atoms with Crippen LogP contribution in [0.5, 0.6) is 11.5 Å². The molecule has 4 rings (SSSR count). The number of ether oxygens (including phenoxy) is 2. The van der Waals surface area contributed by atoms with Gasteiger partial charge in [0, 0.05) is 44.1 Å². The molecular formula is C30H34ClN3O6S. The van der Waals surface area contributed by atoms with Crippen molar-refractivity contribution in [3.63, 3.8) is 0 Å². The van der Waals surface area contributed by atoms with Gasteiger partial charge in [-0.15, -0.1) is 0 Å². The number of nitrogens with one attached hydrogen (secondary N) is 1. The maximum atomic E-state index is 13.8. The fourth-order valence-corrected chi connectivity index (χ4v) is 5.91. The number of carbonyl (C=O) groups excluding carboxylic acids is 2. The van der Waals surface area contributed by atoms with Crippen LogP contribution in [0.15, 0.2) is 72.8 Å². The number of rotatable bonds is 12. The second-order valence-electron chi connectivity index (χ2n) is 9.74. The lowest BCUT2D eigenvalue weighted by atomic mass is 10.0. The van der Waals surface area contributed by atoms with Crippen LogP contribution in [0.1, 0.15) is 24.0 Å². The Morgan fingerprint density at radius 2 is 1.66 bits per heavy atom. The molecule has 0 spiro atoms. The van der Waals surface area contributed by atoms with E-state index in [0.29, 0.717) is 41.8 Å². The molecule has 0 fully saturated rings. The normalized spacial score (nSPS) is 13.2. The number of carbonyl (C=O) groups is 2. The summed E-state index contributed by atoms with van der Waals surface area (Å²) in [5.41, 5.74) is 2.11. The highest BCUT2D eigenvalue weighted by molar-refractivity contribution is 7.92. The molecule has 0 bridgehead atoms. The molecule has 41 heavy (non-hydrogen) atoms. The fourth-order valence-electron chi connectivity index (χ4n) is 4.74. The van der Waals surface area contributed by atoms with E-state index in [1.807, 2.05) is 36.4 Å². The van der Waals surface area contributed by atoms with Gasteiger partial charge in [-0.05, 0) is 41.8 Å². The van der Waals surface area contributed by atoms with Crippen LogP contribution in [0, 0.1) is 0 Å². The van der Waals surface area contributed by atoms with Crippen LogP contribution in [-0.2, 0) is 32.6 Å². The third kappa shape index (κ3) is 8.14. The predicted molar refractivity (Wildman–Crippen MR) is 159 cm³/mol. The summed E-state index contributed by atoms with van der Waals surface area (Å²) >= 11 is 6.21. The fraction of sp³-hybridized carbons (Fsp3) is 0.333. The highest BCUT2D eigenvalue weighted by Crippen LogP contribution is 2.34. The van der Waals surface area contributed by atoms with Crippen LogP contribution >= 0.6 is 11.6 Å². The zero-order valence-corrected chi connectivity index (χ0v) is 24.7. The molecule has 218 valence electrons. The van der Waals surface area contributed by atoms with Gasteiger partial charge in [-0.3, -0.25) is 13.9 Å². The highest BCUT2D eigenvalue weighted by atomic mass is 35.5. The van der Waals surface area contributed by atoms with E-state index in [0.717, 1.165) is 17.4 Å². The van der Waals surface area contributed by atoms with Gasteiger partial charge in [0.2, 0.25) is 21.8 Å². The summed E-state index contributed by atoms with van der Waals surface area (Å²) in [6, 6.07) is 20.8. The number of hydrogen-bond acceptors (Lipinski definition) is 6. The van der Waals surface area contributed by atoms with Gasteiger partial charge >= 0.3 is 0 Å². The van der Waals surface area contributed by atoms with Crippen molar-refractivity contribution < 1.29 is 27.5 Å². The van der Waals surface area contributed by atoms with E-state index in [9.17, 15) is 18.0 Å². The van der Waals surface area contributed by atoms with Crippen LogP contribution in [0.3, 0.4) is 0 Å². The van der Waals surface area contributed by atoms with Crippen molar-refractivity contribution in [1.29, 1.82) is 0 Å². The molecule has 1 atom stereocenters. The minimum absolute atomic E-state index is 0.0272. The maximum Gasteiger partial charge on any atom is 0.242 e. The second-order valence-corrected chi connectivity index (χ2v) is 12.1. The minimum atomic E-state index is -3.66. The Morgan fingerprint density at radius 3 is 2.34 bits per heavy atom. The lowest BCUT2D eigenvalue weighted by Crippen LogP contribution is -2.49. The average Bonchev–Trinajstić information content (AvgIpc) is 2.96. The Hall–Kier alpha value is -3.76. The third-order valence-electron chi connectivity index (χ3n) is 6.73. The van der Waals surface area contributed by atoms with Gasteiger partial charge in [-0.25, -0.2) is 8.42 Å². The number of amides is 2. The first-order valence-corrected chi connectivity index (χ1v) is 15.5. The van der Waals surface area contributed by atoms with Crippen molar-refractivity contribution in [3.05, 3.63) is 88.9 Å². The van der Waals surface area contributed by atoms with E-state index in [1.54, 1.807) is 48.3 Å². The average molecular weight is 600 g/mol. The zero-order chi connectivity index (χ0) is 29.4. The van der Waals surface area contributed by atoms with Crippen LogP contribution < -0.4 is 19.1 Å². The molecule has 1 N–H and O–H groups in total. The third-order valence-corrected chi connectivity index (χ3v) is 8.15. The second kappa shape index (κ2) is 13.7. The Labute approximate surface area is 246 Å². The van der Waals surface area contributed by atoms with E-state index in [4.69, 9.17) is 21.1 Å². The van der Waals surface area contributed by atoms with Crippen molar-refractivity contribution in [1.82, 2.24) is 10.2 Å². The topological polar surface area (TPSA) is 105 Å². The smallest absolute Gasteiger partial charge is 0.242 e. The Morgan fingerprint density at radius 1 is 0.951 bits per heavy atom. The molecule has 0 saturated heterocycles. The molecule has 2 amide bonds. The first-order chi connectivity index (χ1) is 19.7. The summed E-state index contributed by atoms with van der Waals surface area (Å²) in [4.78, 5) is 28.4. The monoisotopic (exact) mass is 599 g/mol. The van der Waals surface area contributed by atoms with Crippen molar-refractivity contribution in [2.45, 2.75) is 31.8 Å². The van der Waals surface area contributed by atoms with Gasteiger partial charge < -0.3 is 19.7 Å². The SMILES string of the molecule is CNC(=O)[C@H](Cc1ccccc1)N(Cc1cccc(Cl)c1)C(=O)CCCN(c1ccc2c(c1)OCCO2)S(C)(=O)=O. The zero-order valence-electron chi connectivity index (χ0n) is 23.1. The number of hydrogen-bond donors (Lipinski definition) is 1. The number of halogens is 1.